The van der Waals surface area contributed by atoms with Crippen molar-refractivity contribution in [3.63, 3.8) is 0 Å². The lowest BCUT2D eigenvalue weighted by molar-refractivity contribution is -0.141. The van der Waals surface area contributed by atoms with E-state index < -0.39 is 15.8 Å². The highest BCUT2D eigenvalue weighted by molar-refractivity contribution is 7.92. The van der Waals surface area contributed by atoms with Crippen LogP contribution in [0.4, 0.5) is 10.1 Å². The first-order valence-electron chi connectivity index (χ1n) is 8.75. The first-order valence-corrected chi connectivity index (χ1v) is 10.2. The van der Waals surface area contributed by atoms with Crippen molar-refractivity contribution in [1.29, 1.82) is 0 Å². The van der Waals surface area contributed by atoms with E-state index in [1.54, 1.807) is 18.2 Å². The Hall–Kier alpha value is -3.39. The maximum Gasteiger partial charge on any atom is 0.325 e. The number of carbonyl (C=O) groups is 1. The third kappa shape index (κ3) is 3.54. The summed E-state index contributed by atoms with van der Waals surface area (Å²) in [5.74, 6) is -0.891. The molecular weight excluding hydrogens is 395 g/mol. The Morgan fingerprint density at radius 1 is 1.00 bits per heavy atom. The smallest absolute Gasteiger partial charge is 0.325 e. The van der Waals surface area contributed by atoms with E-state index >= 15 is 0 Å². The zero-order valence-corrected chi connectivity index (χ0v) is 16.2. The van der Waals surface area contributed by atoms with Crippen molar-refractivity contribution in [3.8, 4) is 0 Å². The first kappa shape index (κ1) is 18.9. The Bertz CT molecular complexity index is 1330. The number of sulfonamides is 1. The normalized spacial score (nSPS) is 11.7. The maximum atomic E-state index is 13.1. The summed E-state index contributed by atoms with van der Waals surface area (Å²) < 4.78 is 47.4. The second-order valence-corrected chi connectivity index (χ2v) is 8.15. The number of esters is 1. The van der Waals surface area contributed by atoms with Crippen molar-refractivity contribution in [1.82, 2.24) is 4.57 Å². The molecule has 0 radical (unpaired) electrons. The van der Waals surface area contributed by atoms with Crippen molar-refractivity contribution in [2.24, 2.45) is 0 Å². The van der Waals surface area contributed by atoms with Gasteiger partial charge in [0, 0.05) is 27.5 Å². The number of nitrogens with one attached hydrogen (secondary N) is 1. The summed E-state index contributed by atoms with van der Waals surface area (Å²) in [4.78, 5) is 11.8. The maximum absolute atomic E-state index is 13.1. The van der Waals surface area contributed by atoms with E-state index in [9.17, 15) is 17.6 Å². The number of hydrogen-bond donors (Lipinski definition) is 1. The molecule has 0 aliphatic heterocycles. The Kier molecular flexibility index (Phi) is 4.71. The molecule has 1 N–H and O–H groups in total. The van der Waals surface area contributed by atoms with Gasteiger partial charge in [0.15, 0.2) is 0 Å². The van der Waals surface area contributed by atoms with Crippen molar-refractivity contribution in [3.05, 3.63) is 72.5 Å². The van der Waals surface area contributed by atoms with Gasteiger partial charge in [-0.05, 0) is 48.5 Å². The Labute approximate surface area is 166 Å². The van der Waals surface area contributed by atoms with E-state index in [1.165, 1.54) is 19.2 Å². The van der Waals surface area contributed by atoms with Crippen LogP contribution in [-0.4, -0.2) is 26.1 Å². The highest BCUT2D eigenvalue weighted by Gasteiger charge is 2.17. The summed E-state index contributed by atoms with van der Waals surface area (Å²) in [6.07, 6.45) is 0. The van der Waals surface area contributed by atoms with Gasteiger partial charge in [0.25, 0.3) is 10.0 Å². The molecule has 8 heteroatoms. The first-order chi connectivity index (χ1) is 13.9. The number of anilines is 1. The highest BCUT2D eigenvalue weighted by atomic mass is 32.2. The predicted octanol–water partition coefficient (Wildman–Crippen LogP) is 3.91. The summed E-state index contributed by atoms with van der Waals surface area (Å²) in [5.41, 5.74) is 1.98. The van der Waals surface area contributed by atoms with Gasteiger partial charge in [0.05, 0.1) is 12.0 Å². The van der Waals surface area contributed by atoms with Crippen LogP contribution in [0.2, 0.25) is 0 Å². The SMILES string of the molecule is COC(=O)Cn1c2ccccc2c2cc(NS(=O)(=O)c3ccc(F)cc3)ccc21. The van der Waals surface area contributed by atoms with Crippen molar-refractivity contribution >= 4 is 43.5 Å². The molecule has 0 aliphatic rings. The van der Waals surface area contributed by atoms with E-state index in [1.807, 2.05) is 28.8 Å². The standard InChI is InChI=1S/C21H17FN2O4S/c1-28-21(25)13-24-19-5-3-2-4-17(19)18-12-15(8-11-20(18)24)23-29(26,27)16-9-6-14(22)7-10-16/h2-12,23H,13H2,1H3. The van der Waals surface area contributed by atoms with Gasteiger partial charge >= 0.3 is 5.97 Å². The molecule has 0 saturated heterocycles. The fourth-order valence-electron chi connectivity index (χ4n) is 3.31. The number of para-hydroxylation sites is 1. The number of halogens is 1. The fraction of sp³-hybridized carbons (Fsp3) is 0.0952. The summed E-state index contributed by atoms with van der Waals surface area (Å²) in [5, 5.41) is 1.68. The van der Waals surface area contributed by atoms with Gasteiger partial charge in [-0.15, -0.1) is 0 Å². The molecule has 6 nitrogen and oxygen atoms in total. The number of benzene rings is 3. The van der Waals surface area contributed by atoms with Crippen LogP contribution in [0.5, 0.6) is 0 Å². The van der Waals surface area contributed by atoms with Crippen LogP contribution >= 0.6 is 0 Å². The van der Waals surface area contributed by atoms with Gasteiger partial charge < -0.3 is 9.30 Å². The lowest BCUT2D eigenvalue weighted by Gasteiger charge is -2.09. The van der Waals surface area contributed by atoms with Crippen LogP contribution in [-0.2, 0) is 26.1 Å². The quantitative estimate of drug-likeness (QED) is 0.504. The fourth-order valence-corrected chi connectivity index (χ4v) is 4.36. The van der Waals surface area contributed by atoms with E-state index in [4.69, 9.17) is 4.74 Å². The molecular formula is C21H17FN2O4S. The molecule has 0 atom stereocenters. The van der Waals surface area contributed by atoms with Gasteiger partial charge in [-0.1, -0.05) is 18.2 Å². The van der Waals surface area contributed by atoms with Crippen LogP contribution in [0.3, 0.4) is 0 Å². The van der Waals surface area contributed by atoms with E-state index in [0.29, 0.717) is 5.69 Å². The van der Waals surface area contributed by atoms with Crippen molar-refractivity contribution in [2.45, 2.75) is 11.4 Å². The number of nitrogens with zero attached hydrogens (tertiary/aromatic N) is 1. The monoisotopic (exact) mass is 412 g/mol. The molecule has 1 aromatic heterocycles. The zero-order chi connectivity index (χ0) is 20.6. The molecule has 0 amide bonds. The minimum Gasteiger partial charge on any atom is -0.468 e. The van der Waals surface area contributed by atoms with Crippen LogP contribution < -0.4 is 4.72 Å². The van der Waals surface area contributed by atoms with E-state index in [-0.39, 0.29) is 17.4 Å². The van der Waals surface area contributed by atoms with Gasteiger partial charge in [0.2, 0.25) is 0 Å². The number of rotatable bonds is 5. The predicted molar refractivity (Wildman–Crippen MR) is 109 cm³/mol. The highest BCUT2D eigenvalue weighted by Crippen LogP contribution is 2.31. The summed E-state index contributed by atoms with van der Waals surface area (Å²) >= 11 is 0. The zero-order valence-electron chi connectivity index (χ0n) is 15.4. The lowest BCUT2D eigenvalue weighted by atomic mass is 10.1. The molecule has 3 aromatic carbocycles. The largest absolute Gasteiger partial charge is 0.468 e. The van der Waals surface area contributed by atoms with Gasteiger partial charge in [-0.25, -0.2) is 12.8 Å². The molecule has 148 valence electrons. The summed E-state index contributed by atoms with van der Waals surface area (Å²) in [6.45, 7) is 0.0428. The van der Waals surface area contributed by atoms with Crippen molar-refractivity contribution in [2.75, 3.05) is 11.8 Å². The minimum atomic E-state index is -3.87. The summed E-state index contributed by atoms with van der Waals surface area (Å²) in [7, 11) is -2.53. The molecule has 0 fully saturated rings. The Morgan fingerprint density at radius 2 is 1.69 bits per heavy atom. The van der Waals surface area contributed by atoms with Gasteiger partial charge in [0.1, 0.15) is 12.4 Å². The Morgan fingerprint density at radius 3 is 2.41 bits per heavy atom. The summed E-state index contributed by atoms with van der Waals surface area (Å²) in [6, 6.07) is 17.2. The third-order valence-corrected chi connectivity index (χ3v) is 6.06. The van der Waals surface area contributed by atoms with Crippen LogP contribution in [0.25, 0.3) is 21.8 Å². The number of ether oxygens (including phenoxy) is 1. The van der Waals surface area contributed by atoms with Gasteiger partial charge in [-0.3, -0.25) is 9.52 Å². The van der Waals surface area contributed by atoms with Crippen LogP contribution in [0.1, 0.15) is 0 Å². The average Bonchev–Trinajstić information content (AvgIpc) is 3.01. The molecule has 0 aliphatic carbocycles. The molecule has 29 heavy (non-hydrogen) atoms. The molecule has 0 spiro atoms. The average molecular weight is 412 g/mol. The molecule has 4 rings (SSSR count). The number of carbonyl (C=O) groups excluding carboxylic acids is 1. The molecule has 0 saturated carbocycles. The van der Waals surface area contributed by atoms with E-state index in [2.05, 4.69) is 4.72 Å². The Balaban J connectivity index is 1.79. The second-order valence-electron chi connectivity index (χ2n) is 6.47. The van der Waals surface area contributed by atoms with Crippen molar-refractivity contribution < 1.29 is 22.3 Å². The number of methoxy groups -OCH3 is 1. The molecule has 0 bridgehead atoms. The molecule has 4 aromatic rings. The topological polar surface area (TPSA) is 77.4 Å². The molecule has 0 unspecified atom stereocenters. The molecule has 1 heterocycles. The van der Waals surface area contributed by atoms with Crippen LogP contribution in [0.15, 0.2) is 71.6 Å². The van der Waals surface area contributed by atoms with Gasteiger partial charge in [-0.2, -0.15) is 0 Å². The number of fused-ring (bicyclic) bond motifs is 3. The number of hydrogen-bond acceptors (Lipinski definition) is 4. The van der Waals surface area contributed by atoms with Crippen LogP contribution in [0, 0.1) is 5.82 Å². The minimum absolute atomic E-state index is 0.0351. The second kappa shape index (κ2) is 7.21. The number of aromatic nitrogens is 1. The third-order valence-electron chi connectivity index (χ3n) is 4.66. The van der Waals surface area contributed by atoms with E-state index in [0.717, 1.165) is 33.9 Å². The lowest BCUT2D eigenvalue weighted by Crippen LogP contribution is -2.13.